The van der Waals surface area contributed by atoms with Crippen molar-refractivity contribution in [1.29, 1.82) is 0 Å². The number of anilines is 1. The molecule has 3 aromatic rings. The van der Waals surface area contributed by atoms with Crippen LogP contribution in [0.1, 0.15) is 18.5 Å². The monoisotopic (exact) mass is 429 g/mol. The number of methoxy groups -OCH3 is 1. The lowest BCUT2D eigenvalue weighted by molar-refractivity contribution is -0.115. The molecule has 0 saturated carbocycles. The van der Waals surface area contributed by atoms with Gasteiger partial charge in [0.2, 0.25) is 11.9 Å². The smallest absolute Gasteiger partial charge is 0.248 e. The Bertz CT molecular complexity index is 1160. The van der Waals surface area contributed by atoms with Gasteiger partial charge in [-0.3, -0.25) is 4.79 Å². The molecular weight excluding hydrogens is 413 g/mol. The highest BCUT2D eigenvalue weighted by Gasteiger charge is 2.34. The van der Waals surface area contributed by atoms with E-state index in [0.717, 1.165) is 5.56 Å². The fourth-order valence-corrected chi connectivity index (χ4v) is 3.88. The van der Waals surface area contributed by atoms with Crippen LogP contribution in [0, 0.1) is 0 Å². The van der Waals surface area contributed by atoms with E-state index < -0.39 is 11.9 Å². The lowest BCUT2D eigenvalue weighted by atomic mass is 9.95. The molecule has 0 spiro atoms. The Morgan fingerprint density at radius 2 is 2.03 bits per heavy atom. The van der Waals surface area contributed by atoms with Gasteiger partial charge in [-0.15, -0.1) is 5.10 Å². The van der Waals surface area contributed by atoms with E-state index in [9.17, 15) is 4.79 Å². The van der Waals surface area contributed by atoms with Gasteiger partial charge < -0.3 is 15.8 Å². The van der Waals surface area contributed by atoms with Gasteiger partial charge in [-0.2, -0.15) is 4.98 Å². The van der Waals surface area contributed by atoms with E-state index in [1.807, 2.05) is 24.3 Å². The molecular formula is C20H17Cl2N5O2. The molecule has 0 radical (unpaired) electrons. The minimum absolute atomic E-state index is 0.351. The molecule has 1 atom stereocenters. The molecule has 1 aliphatic rings. The van der Waals surface area contributed by atoms with E-state index in [1.54, 1.807) is 36.9 Å². The number of allylic oxidation sites excluding steroid dienone is 1. The number of aromatic nitrogens is 3. The van der Waals surface area contributed by atoms with Gasteiger partial charge in [0.05, 0.1) is 12.7 Å². The van der Waals surface area contributed by atoms with Gasteiger partial charge in [-0.1, -0.05) is 41.4 Å². The standard InChI is InChI=1S/C20H17Cl2N5O2/c1-10-16(18(23)28)17(14-7-6-12(21)9-15(14)22)27-20(24-10)25-19(26-27)11-4-3-5-13(8-11)29-2/h3-9,17H,1-2H3,(H2,23,28)(H,24,25,26). The number of benzene rings is 2. The van der Waals surface area contributed by atoms with Crippen molar-refractivity contribution in [2.24, 2.45) is 5.73 Å². The van der Waals surface area contributed by atoms with E-state index >= 15 is 0 Å². The third-order valence-electron chi connectivity index (χ3n) is 4.70. The number of nitrogens with one attached hydrogen (secondary N) is 1. The third-order valence-corrected chi connectivity index (χ3v) is 5.27. The van der Waals surface area contributed by atoms with Crippen LogP contribution in [0.15, 0.2) is 53.7 Å². The van der Waals surface area contributed by atoms with Gasteiger partial charge in [-0.25, -0.2) is 4.68 Å². The van der Waals surface area contributed by atoms with Crippen LogP contribution < -0.4 is 15.8 Å². The second kappa shape index (κ2) is 7.42. The second-order valence-corrected chi connectivity index (χ2v) is 7.38. The number of primary amides is 1. The Kier molecular flexibility index (Phi) is 4.94. The number of carbonyl (C=O) groups excluding carboxylic acids is 1. The first-order valence-electron chi connectivity index (χ1n) is 8.72. The van der Waals surface area contributed by atoms with E-state index in [-0.39, 0.29) is 0 Å². The molecule has 7 nitrogen and oxygen atoms in total. The number of fused-ring (bicyclic) bond motifs is 1. The molecule has 0 bridgehead atoms. The number of nitrogens with zero attached hydrogens (tertiary/aromatic N) is 3. The first-order valence-corrected chi connectivity index (χ1v) is 9.48. The van der Waals surface area contributed by atoms with Crippen molar-refractivity contribution in [3.05, 3.63) is 69.3 Å². The summed E-state index contributed by atoms with van der Waals surface area (Å²) in [4.78, 5) is 16.9. The number of hydrogen-bond acceptors (Lipinski definition) is 5. The normalized spacial score (nSPS) is 15.7. The lowest BCUT2D eigenvalue weighted by Crippen LogP contribution is -2.32. The average Bonchev–Trinajstić information content (AvgIpc) is 3.10. The number of hydrogen-bond donors (Lipinski definition) is 2. The van der Waals surface area contributed by atoms with Crippen LogP contribution in [0.5, 0.6) is 5.75 Å². The molecule has 1 aromatic heterocycles. The summed E-state index contributed by atoms with van der Waals surface area (Å²) in [6, 6.07) is 11.9. The molecule has 0 aliphatic carbocycles. The van der Waals surface area contributed by atoms with Crippen molar-refractivity contribution in [1.82, 2.24) is 14.8 Å². The second-order valence-electron chi connectivity index (χ2n) is 6.53. The highest BCUT2D eigenvalue weighted by molar-refractivity contribution is 6.35. The summed E-state index contributed by atoms with van der Waals surface area (Å²) in [6.07, 6.45) is 0. The van der Waals surface area contributed by atoms with Crippen LogP contribution in [0.25, 0.3) is 11.4 Å². The van der Waals surface area contributed by atoms with Gasteiger partial charge in [0.15, 0.2) is 5.82 Å². The Labute approximate surface area is 177 Å². The van der Waals surface area contributed by atoms with Crippen LogP contribution in [0.3, 0.4) is 0 Å². The molecule has 0 saturated heterocycles. The first-order chi connectivity index (χ1) is 13.9. The van der Waals surface area contributed by atoms with E-state index in [4.69, 9.17) is 33.7 Å². The molecule has 1 amide bonds. The quantitative estimate of drug-likeness (QED) is 0.652. The SMILES string of the molecule is COc1cccc(-c2nc3n(n2)C(c2ccc(Cl)cc2Cl)C(C(N)=O)=C(C)N3)c1. The molecule has 9 heteroatoms. The van der Waals surface area contributed by atoms with Gasteiger partial charge in [0, 0.05) is 26.9 Å². The summed E-state index contributed by atoms with van der Waals surface area (Å²) in [6.45, 7) is 1.76. The molecule has 148 valence electrons. The summed E-state index contributed by atoms with van der Waals surface area (Å²) >= 11 is 12.5. The van der Waals surface area contributed by atoms with Crippen molar-refractivity contribution in [2.75, 3.05) is 12.4 Å². The fourth-order valence-electron chi connectivity index (χ4n) is 3.37. The largest absolute Gasteiger partial charge is 0.497 e. The van der Waals surface area contributed by atoms with E-state index in [0.29, 0.717) is 44.4 Å². The number of amides is 1. The van der Waals surface area contributed by atoms with Crippen molar-refractivity contribution < 1.29 is 9.53 Å². The molecule has 3 N–H and O–H groups in total. The lowest BCUT2D eigenvalue weighted by Gasteiger charge is -2.28. The molecule has 1 aliphatic heterocycles. The third kappa shape index (κ3) is 3.43. The summed E-state index contributed by atoms with van der Waals surface area (Å²) < 4.78 is 6.89. The van der Waals surface area contributed by atoms with Crippen LogP contribution in [0.4, 0.5) is 5.95 Å². The maximum Gasteiger partial charge on any atom is 0.248 e. The summed E-state index contributed by atoms with van der Waals surface area (Å²) in [5, 5.41) is 8.64. The van der Waals surface area contributed by atoms with Crippen molar-refractivity contribution in [3.63, 3.8) is 0 Å². The summed E-state index contributed by atoms with van der Waals surface area (Å²) in [5.41, 5.74) is 8.05. The van der Waals surface area contributed by atoms with Crippen LogP contribution in [-0.2, 0) is 4.79 Å². The maximum absolute atomic E-state index is 12.3. The molecule has 2 aromatic carbocycles. The Balaban J connectivity index is 1.90. The molecule has 1 unspecified atom stereocenters. The minimum atomic E-state index is -0.639. The fraction of sp³-hybridized carbons (Fsp3) is 0.150. The minimum Gasteiger partial charge on any atom is -0.497 e. The Morgan fingerprint density at radius 3 is 2.72 bits per heavy atom. The highest BCUT2D eigenvalue weighted by Crippen LogP contribution is 2.39. The topological polar surface area (TPSA) is 95.1 Å². The van der Waals surface area contributed by atoms with Crippen LogP contribution in [0.2, 0.25) is 10.0 Å². The number of ether oxygens (including phenoxy) is 1. The van der Waals surface area contributed by atoms with Gasteiger partial charge in [0.25, 0.3) is 0 Å². The molecule has 29 heavy (non-hydrogen) atoms. The number of halogens is 2. The number of rotatable bonds is 4. The zero-order valence-corrected chi connectivity index (χ0v) is 17.1. The van der Waals surface area contributed by atoms with Gasteiger partial charge in [0.1, 0.15) is 11.8 Å². The van der Waals surface area contributed by atoms with Gasteiger partial charge in [-0.05, 0) is 31.2 Å². The van der Waals surface area contributed by atoms with Crippen LogP contribution >= 0.6 is 23.2 Å². The zero-order chi connectivity index (χ0) is 20.7. The highest BCUT2D eigenvalue weighted by atomic mass is 35.5. The zero-order valence-electron chi connectivity index (χ0n) is 15.6. The molecule has 4 rings (SSSR count). The first kappa shape index (κ1) is 19.3. The van der Waals surface area contributed by atoms with Crippen molar-refractivity contribution in [2.45, 2.75) is 13.0 Å². The number of carbonyl (C=O) groups is 1. The number of nitrogens with two attached hydrogens (primary N) is 1. The predicted molar refractivity (Wildman–Crippen MR) is 112 cm³/mol. The van der Waals surface area contributed by atoms with Crippen LogP contribution in [-0.4, -0.2) is 27.8 Å². The maximum atomic E-state index is 12.3. The average molecular weight is 430 g/mol. The van der Waals surface area contributed by atoms with Crippen molar-refractivity contribution >= 4 is 35.1 Å². The Hall–Kier alpha value is -3.03. The Morgan fingerprint density at radius 1 is 1.24 bits per heavy atom. The van der Waals surface area contributed by atoms with Gasteiger partial charge >= 0.3 is 0 Å². The van der Waals surface area contributed by atoms with Crippen molar-refractivity contribution in [3.8, 4) is 17.1 Å². The predicted octanol–water partition coefficient (Wildman–Crippen LogP) is 4.03. The summed E-state index contributed by atoms with van der Waals surface area (Å²) in [7, 11) is 1.59. The molecule has 0 fully saturated rings. The van der Waals surface area contributed by atoms with E-state index in [2.05, 4.69) is 15.4 Å². The summed E-state index contributed by atoms with van der Waals surface area (Å²) in [5.74, 6) is 1.06. The van der Waals surface area contributed by atoms with E-state index in [1.165, 1.54) is 0 Å². The molecule has 2 heterocycles.